The highest BCUT2D eigenvalue weighted by atomic mass is 32.1. The maximum absolute atomic E-state index is 13.0. The Labute approximate surface area is 186 Å². The average Bonchev–Trinajstić information content (AvgIpc) is 3.27. The van der Waals surface area contributed by atoms with Crippen LogP contribution < -0.4 is 14.4 Å². The van der Waals surface area contributed by atoms with Gasteiger partial charge in [-0.25, -0.2) is 4.98 Å². The van der Waals surface area contributed by atoms with Gasteiger partial charge in [-0.2, -0.15) is 4.37 Å². The van der Waals surface area contributed by atoms with E-state index in [1.807, 2.05) is 47.4 Å². The molecule has 1 unspecified atom stereocenters. The molecule has 0 saturated carbocycles. The molecule has 1 aliphatic heterocycles. The number of rotatable bonds is 6. The molecule has 1 atom stereocenters. The Morgan fingerprint density at radius 2 is 1.84 bits per heavy atom. The van der Waals surface area contributed by atoms with Gasteiger partial charge in [-0.05, 0) is 42.8 Å². The van der Waals surface area contributed by atoms with Crippen molar-refractivity contribution in [1.82, 2.24) is 14.3 Å². The second-order valence-corrected chi connectivity index (χ2v) is 8.28. The van der Waals surface area contributed by atoms with Crippen LogP contribution in [0.4, 0.5) is 5.13 Å². The molecular weight excluding hydrogens is 412 g/mol. The van der Waals surface area contributed by atoms with Crippen LogP contribution in [-0.2, 0) is 6.42 Å². The first-order valence-electron chi connectivity index (χ1n) is 10.2. The van der Waals surface area contributed by atoms with Gasteiger partial charge in [0.2, 0.25) is 5.13 Å². The van der Waals surface area contributed by atoms with Crippen molar-refractivity contribution in [1.29, 1.82) is 0 Å². The molecule has 1 saturated heterocycles. The van der Waals surface area contributed by atoms with Gasteiger partial charge < -0.3 is 19.3 Å². The maximum atomic E-state index is 13.0. The summed E-state index contributed by atoms with van der Waals surface area (Å²) in [4.78, 5) is 21.9. The molecular formula is C23H26N4O3S. The monoisotopic (exact) mass is 438 g/mol. The second kappa shape index (κ2) is 9.34. The lowest BCUT2D eigenvalue weighted by Crippen LogP contribution is -2.54. The SMILES string of the molecule is COc1cccc(Cc2nsc(N3CCN(C(=O)c4cccc(OC)c4)C(C)C3)n2)c1. The van der Waals surface area contributed by atoms with Crippen LogP contribution in [0.1, 0.15) is 28.7 Å². The van der Waals surface area contributed by atoms with Crippen LogP contribution in [0.15, 0.2) is 48.5 Å². The number of carbonyl (C=O) groups is 1. The van der Waals surface area contributed by atoms with Crippen molar-refractivity contribution in [3.8, 4) is 11.5 Å². The molecule has 0 N–H and O–H groups in total. The van der Waals surface area contributed by atoms with Gasteiger partial charge in [0.1, 0.15) is 17.3 Å². The maximum Gasteiger partial charge on any atom is 0.254 e. The Kier molecular flexibility index (Phi) is 6.36. The molecule has 4 rings (SSSR count). The number of methoxy groups -OCH3 is 2. The van der Waals surface area contributed by atoms with E-state index in [-0.39, 0.29) is 11.9 Å². The summed E-state index contributed by atoms with van der Waals surface area (Å²) in [5.74, 6) is 2.35. The van der Waals surface area contributed by atoms with Crippen molar-refractivity contribution in [3.05, 3.63) is 65.5 Å². The standard InChI is InChI=1S/C23H26N4O3S/c1-16-15-26(10-11-27(16)22(28)18-7-5-9-20(14-18)30-3)23-24-21(25-31-23)13-17-6-4-8-19(12-17)29-2/h4-9,12,14,16H,10-11,13,15H2,1-3H3. The topological polar surface area (TPSA) is 67.8 Å². The molecule has 0 radical (unpaired) electrons. The van der Waals surface area contributed by atoms with Gasteiger partial charge in [0.15, 0.2) is 0 Å². The van der Waals surface area contributed by atoms with Crippen molar-refractivity contribution >= 4 is 22.6 Å². The predicted molar refractivity (Wildman–Crippen MR) is 121 cm³/mol. The van der Waals surface area contributed by atoms with Gasteiger partial charge in [-0.3, -0.25) is 4.79 Å². The van der Waals surface area contributed by atoms with Gasteiger partial charge in [-0.15, -0.1) is 0 Å². The quantitative estimate of drug-likeness (QED) is 0.587. The fourth-order valence-electron chi connectivity index (χ4n) is 3.76. The molecule has 0 bridgehead atoms. The molecule has 162 valence electrons. The van der Waals surface area contributed by atoms with Gasteiger partial charge in [0, 0.05) is 49.2 Å². The lowest BCUT2D eigenvalue weighted by Gasteiger charge is -2.39. The van der Waals surface area contributed by atoms with Gasteiger partial charge in [0.05, 0.1) is 14.2 Å². The Morgan fingerprint density at radius 1 is 1.10 bits per heavy atom. The van der Waals surface area contributed by atoms with Crippen molar-refractivity contribution in [2.24, 2.45) is 0 Å². The lowest BCUT2D eigenvalue weighted by atomic mass is 10.1. The van der Waals surface area contributed by atoms with E-state index in [9.17, 15) is 4.79 Å². The number of ether oxygens (including phenoxy) is 2. The number of benzene rings is 2. The van der Waals surface area contributed by atoms with Crippen LogP contribution in [0.5, 0.6) is 11.5 Å². The molecule has 2 heterocycles. The molecule has 1 aromatic heterocycles. The molecule has 8 heteroatoms. The third-order valence-electron chi connectivity index (χ3n) is 5.43. The highest BCUT2D eigenvalue weighted by Gasteiger charge is 2.29. The normalized spacial score (nSPS) is 16.3. The third-order valence-corrected chi connectivity index (χ3v) is 6.24. The second-order valence-electron chi connectivity index (χ2n) is 7.55. The summed E-state index contributed by atoms with van der Waals surface area (Å²) in [5.41, 5.74) is 1.77. The van der Waals surface area contributed by atoms with Crippen LogP contribution in [0.3, 0.4) is 0 Å². The zero-order chi connectivity index (χ0) is 21.8. The number of piperazine rings is 1. The summed E-state index contributed by atoms with van der Waals surface area (Å²) in [6, 6.07) is 15.3. The molecule has 31 heavy (non-hydrogen) atoms. The number of anilines is 1. The van der Waals surface area contributed by atoms with Gasteiger partial charge in [0.25, 0.3) is 5.91 Å². The summed E-state index contributed by atoms with van der Waals surface area (Å²) >= 11 is 1.41. The Bertz CT molecular complexity index is 1050. The molecule has 2 aromatic carbocycles. The van der Waals surface area contributed by atoms with Crippen LogP contribution in [0.2, 0.25) is 0 Å². The minimum absolute atomic E-state index is 0.0297. The van der Waals surface area contributed by atoms with E-state index in [1.54, 1.807) is 20.3 Å². The van der Waals surface area contributed by atoms with Crippen LogP contribution in [-0.4, -0.2) is 60.1 Å². The van der Waals surface area contributed by atoms with E-state index in [4.69, 9.17) is 14.5 Å². The van der Waals surface area contributed by atoms with Crippen molar-refractivity contribution < 1.29 is 14.3 Å². The first-order valence-corrected chi connectivity index (χ1v) is 11.0. The van der Waals surface area contributed by atoms with Crippen LogP contribution in [0, 0.1) is 0 Å². The summed E-state index contributed by atoms with van der Waals surface area (Å²) in [5, 5.41) is 0.901. The van der Waals surface area contributed by atoms with E-state index < -0.39 is 0 Å². The van der Waals surface area contributed by atoms with E-state index >= 15 is 0 Å². The van der Waals surface area contributed by atoms with Crippen LogP contribution in [0.25, 0.3) is 0 Å². The summed E-state index contributed by atoms with van der Waals surface area (Å²) in [7, 11) is 3.27. The number of hydrogen-bond acceptors (Lipinski definition) is 7. The van der Waals surface area contributed by atoms with Gasteiger partial charge >= 0.3 is 0 Å². The highest BCUT2D eigenvalue weighted by molar-refractivity contribution is 7.09. The molecule has 1 aliphatic rings. The molecule has 0 aliphatic carbocycles. The summed E-state index contributed by atoms with van der Waals surface area (Å²) < 4.78 is 15.1. The molecule has 1 fully saturated rings. The molecule has 3 aromatic rings. The first-order chi connectivity index (χ1) is 15.1. The number of nitrogens with zero attached hydrogens (tertiary/aromatic N) is 4. The zero-order valence-corrected chi connectivity index (χ0v) is 18.8. The largest absolute Gasteiger partial charge is 0.497 e. The van der Waals surface area contributed by atoms with E-state index in [2.05, 4.69) is 16.2 Å². The number of carbonyl (C=O) groups excluding carboxylic acids is 1. The fraction of sp³-hybridized carbons (Fsp3) is 0.348. The lowest BCUT2D eigenvalue weighted by molar-refractivity contribution is 0.0673. The fourth-order valence-corrected chi connectivity index (χ4v) is 4.48. The van der Waals surface area contributed by atoms with Crippen molar-refractivity contribution in [2.45, 2.75) is 19.4 Å². The molecule has 1 amide bonds. The van der Waals surface area contributed by atoms with Crippen LogP contribution >= 0.6 is 11.5 Å². The Morgan fingerprint density at radius 3 is 2.58 bits per heavy atom. The van der Waals surface area contributed by atoms with E-state index in [0.717, 1.165) is 35.4 Å². The number of hydrogen-bond donors (Lipinski definition) is 0. The Hall–Kier alpha value is -3.13. The van der Waals surface area contributed by atoms with Gasteiger partial charge in [-0.1, -0.05) is 18.2 Å². The summed E-state index contributed by atoms with van der Waals surface area (Å²) in [6.07, 6.45) is 0.664. The minimum atomic E-state index is 0.0297. The zero-order valence-electron chi connectivity index (χ0n) is 17.9. The van der Waals surface area contributed by atoms with Crippen molar-refractivity contribution in [3.63, 3.8) is 0 Å². The number of aromatic nitrogens is 2. The minimum Gasteiger partial charge on any atom is -0.497 e. The highest BCUT2D eigenvalue weighted by Crippen LogP contribution is 2.24. The van der Waals surface area contributed by atoms with E-state index in [0.29, 0.717) is 24.3 Å². The predicted octanol–water partition coefficient (Wildman–Crippen LogP) is 3.50. The summed E-state index contributed by atoms with van der Waals surface area (Å²) in [6.45, 7) is 4.17. The smallest absolute Gasteiger partial charge is 0.254 e. The first kappa shape index (κ1) is 21.1. The Balaban J connectivity index is 1.40. The van der Waals surface area contributed by atoms with Crippen molar-refractivity contribution in [2.75, 3.05) is 38.8 Å². The third kappa shape index (κ3) is 4.80. The average molecular weight is 439 g/mol. The molecule has 7 nitrogen and oxygen atoms in total. The number of amides is 1. The molecule has 0 spiro atoms. The van der Waals surface area contributed by atoms with E-state index in [1.165, 1.54) is 11.5 Å².